The van der Waals surface area contributed by atoms with Crippen LogP contribution in [0.5, 0.6) is 0 Å². The van der Waals surface area contributed by atoms with Crippen molar-refractivity contribution >= 4 is 39.2 Å². The van der Waals surface area contributed by atoms with Crippen molar-refractivity contribution in [3.63, 3.8) is 0 Å². The average molecular weight is 609 g/mol. The van der Waals surface area contributed by atoms with Gasteiger partial charge < -0.3 is 13.6 Å². The second-order valence-corrected chi connectivity index (χ2v) is 22.8. The van der Waals surface area contributed by atoms with Crippen molar-refractivity contribution in [3.05, 3.63) is 34.0 Å². The first-order chi connectivity index (χ1) is 14.8. The Hall–Kier alpha value is 0.264. The Kier molecular flexibility index (Phi) is 13.6. The van der Waals surface area contributed by atoms with Gasteiger partial charge in [0.15, 0.2) is 16.6 Å². The summed E-state index contributed by atoms with van der Waals surface area (Å²) in [4.78, 5) is 0. The molecule has 0 N–H and O–H groups in total. The summed E-state index contributed by atoms with van der Waals surface area (Å²) in [5.41, 5.74) is 1.21. The highest BCUT2D eigenvalue weighted by Crippen LogP contribution is 2.39. The van der Waals surface area contributed by atoms with Crippen LogP contribution >= 0.6 is 22.6 Å². The number of methoxy groups -OCH3 is 1. The highest BCUT2D eigenvalue weighted by atomic mass is 127. The van der Waals surface area contributed by atoms with Crippen LogP contribution < -0.4 is 0 Å². The quantitative estimate of drug-likeness (QED) is 0.126. The Morgan fingerprint density at radius 1 is 0.909 bits per heavy atom. The molecule has 0 aromatic carbocycles. The van der Waals surface area contributed by atoms with E-state index in [1.165, 1.54) is 5.57 Å². The summed E-state index contributed by atoms with van der Waals surface area (Å²) >= 11 is 2.29. The summed E-state index contributed by atoms with van der Waals surface area (Å²) in [6.07, 6.45) is 8.78. The molecule has 33 heavy (non-hydrogen) atoms. The number of ether oxygens (including phenoxy) is 1. The van der Waals surface area contributed by atoms with Crippen molar-refractivity contribution in [2.75, 3.05) is 13.7 Å². The van der Waals surface area contributed by atoms with Crippen LogP contribution in [0.3, 0.4) is 0 Å². The molecule has 0 saturated heterocycles. The number of hydrogen-bond donors (Lipinski definition) is 0. The monoisotopic (exact) mass is 608 g/mol. The van der Waals surface area contributed by atoms with Gasteiger partial charge in [0, 0.05) is 19.6 Å². The standard InChI is InChI=1S/C27H53IO3Si2/c1-21(20-30-32(11,12)26(4,5)6)16-15-17-22(2)25(29-10)23(3)24(18-19-28)31-33(13,14)27(7,8)9/h15-19,21,23-25H,20H2,1-14H3/b16-15+,19-18+,22-17+/t21-,23-,24+,25+/m0/s1. The molecule has 0 heterocycles. The van der Waals surface area contributed by atoms with Gasteiger partial charge in [-0.1, -0.05) is 102 Å². The Labute approximate surface area is 222 Å². The molecule has 0 aliphatic carbocycles. The van der Waals surface area contributed by atoms with Gasteiger partial charge in [-0.25, -0.2) is 0 Å². The largest absolute Gasteiger partial charge is 0.416 e. The zero-order chi connectivity index (χ0) is 26.3. The number of rotatable bonds is 12. The molecule has 0 rings (SSSR count). The minimum Gasteiger partial charge on any atom is -0.416 e. The van der Waals surface area contributed by atoms with Gasteiger partial charge >= 0.3 is 0 Å². The van der Waals surface area contributed by atoms with Gasteiger partial charge in [0.1, 0.15) is 0 Å². The molecule has 4 atom stereocenters. The Balaban J connectivity index is 5.35. The molecule has 0 amide bonds. The molecule has 0 aliphatic rings. The van der Waals surface area contributed by atoms with Gasteiger partial charge in [0.05, 0.1) is 12.2 Å². The van der Waals surface area contributed by atoms with Crippen LogP contribution in [-0.2, 0) is 13.6 Å². The van der Waals surface area contributed by atoms with Crippen molar-refractivity contribution in [2.45, 2.75) is 111 Å². The zero-order valence-electron chi connectivity index (χ0n) is 24.0. The van der Waals surface area contributed by atoms with Gasteiger partial charge in [-0.15, -0.1) is 0 Å². The molecule has 0 unspecified atom stereocenters. The van der Waals surface area contributed by atoms with Crippen LogP contribution in [0, 0.1) is 11.8 Å². The first kappa shape index (κ1) is 33.3. The first-order valence-corrected chi connectivity index (χ1v) is 19.3. The molecular weight excluding hydrogens is 555 g/mol. The molecule has 194 valence electrons. The summed E-state index contributed by atoms with van der Waals surface area (Å²) in [6, 6.07) is 0. The minimum atomic E-state index is -1.89. The lowest BCUT2D eigenvalue weighted by Gasteiger charge is -2.41. The third kappa shape index (κ3) is 10.8. The summed E-state index contributed by atoms with van der Waals surface area (Å²) in [6.45, 7) is 30.3. The number of halogens is 1. The molecule has 0 aliphatic heterocycles. The summed E-state index contributed by atoms with van der Waals surface area (Å²) < 4.78 is 21.2. The third-order valence-electron chi connectivity index (χ3n) is 7.51. The summed E-state index contributed by atoms with van der Waals surface area (Å²) in [5, 5.41) is 0.410. The van der Waals surface area contributed by atoms with Crippen molar-refractivity contribution in [3.8, 4) is 0 Å². The van der Waals surface area contributed by atoms with E-state index in [-0.39, 0.29) is 28.2 Å². The van der Waals surface area contributed by atoms with Gasteiger partial charge in [0.25, 0.3) is 0 Å². The van der Waals surface area contributed by atoms with E-state index in [0.29, 0.717) is 5.92 Å². The second-order valence-electron chi connectivity index (χ2n) is 12.5. The molecule has 0 spiro atoms. The van der Waals surface area contributed by atoms with E-state index in [1.54, 1.807) is 7.11 Å². The molecule has 0 saturated carbocycles. The maximum Gasteiger partial charge on any atom is 0.192 e. The lowest BCUT2D eigenvalue weighted by molar-refractivity contribution is 0.0374. The van der Waals surface area contributed by atoms with Crippen LogP contribution in [0.2, 0.25) is 36.3 Å². The smallest absolute Gasteiger partial charge is 0.192 e. The van der Waals surface area contributed by atoms with Crippen molar-refractivity contribution in [1.29, 1.82) is 0 Å². The van der Waals surface area contributed by atoms with Crippen molar-refractivity contribution < 1.29 is 13.6 Å². The minimum absolute atomic E-state index is 0.00388. The molecule has 6 heteroatoms. The zero-order valence-corrected chi connectivity index (χ0v) is 28.2. The molecular formula is C27H53IO3Si2. The fraction of sp³-hybridized carbons (Fsp3) is 0.778. The number of hydrogen-bond acceptors (Lipinski definition) is 3. The van der Waals surface area contributed by atoms with E-state index in [2.05, 4.69) is 139 Å². The lowest BCUT2D eigenvalue weighted by atomic mass is 9.92. The van der Waals surface area contributed by atoms with Gasteiger partial charge in [-0.05, 0) is 58.8 Å². The molecule has 0 aromatic rings. The Morgan fingerprint density at radius 2 is 1.42 bits per heavy atom. The van der Waals surface area contributed by atoms with Gasteiger partial charge in [-0.2, -0.15) is 0 Å². The number of allylic oxidation sites excluding steroid dienone is 2. The third-order valence-corrected chi connectivity index (χ3v) is 16.9. The Bertz CT molecular complexity index is 670. The van der Waals surface area contributed by atoms with Crippen LogP contribution in [0.15, 0.2) is 34.0 Å². The van der Waals surface area contributed by atoms with Crippen molar-refractivity contribution in [2.24, 2.45) is 11.8 Å². The molecule has 3 nitrogen and oxygen atoms in total. The van der Waals surface area contributed by atoms with Crippen LogP contribution in [0.1, 0.15) is 62.3 Å². The predicted octanol–water partition coefficient (Wildman–Crippen LogP) is 9.14. The fourth-order valence-electron chi connectivity index (χ4n) is 3.00. The van der Waals surface area contributed by atoms with Crippen LogP contribution in [0.25, 0.3) is 0 Å². The van der Waals surface area contributed by atoms with Crippen LogP contribution in [0.4, 0.5) is 0 Å². The lowest BCUT2D eigenvalue weighted by Crippen LogP contribution is -2.46. The molecule has 0 fully saturated rings. The van der Waals surface area contributed by atoms with Crippen molar-refractivity contribution in [1.82, 2.24) is 0 Å². The highest BCUT2D eigenvalue weighted by molar-refractivity contribution is 14.1. The fourth-order valence-corrected chi connectivity index (χ4v) is 5.85. The van der Waals surface area contributed by atoms with E-state index < -0.39 is 16.6 Å². The predicted molar refractivity (Wildman–Crippen MR) is 160 cm³/mol. The highest BCUT2D eigenvalue weighted by Gasteiger charge is 2.41. The molecule has 0 radical (unpaired) electrons. The maximum atomic E-state index is 6.78. The summed E-state index contributed by atoms with van der Waals surface area (Å²) in [7, 11) is -1.80. The normalized spacial score (nSPS) is 18.7. The maximum absolute atomic E-state index is 6.78. The van der Waals surface area contributed by atoms with E-state index >= 15 is 0 Å². The van der Waals surface area contributed by atoms with Gasteiger partial charge in [0.2, 0.25) is 0 Å². The van der Waals surface area contributed by atoms with Crippen LogP contribution in [-0.4, -0.2) is 42.6 Å². The van der Waals surface area contributed by atoms with E-state index in [0.717, 1.165) is 6.61 Å². The average Bonchev–Trinajstić information content (AvgIpc) is 2.64. The van der Waals surface area contributed by atoms with E-state index in [1.807, 2.05) is 0 Å². The van der Waals surface area contributed by atoms with Gasteiger partial charge in [-0.3, -0.25) is 0 Å². The Morgan fingerprint density at radius 3 is 1.85 bits per heavy atom. The topological polar surface area (TPSA) is 27.7 Å². The second kappa shape index (κ2) is 13.5. The molecule has 0 aromatic heterocycles. The van der Waals surface area contributed by atoms with E-state index in [9.17, 15) is 0 Å². The van der Waals surface area contributed by atoms with E-state index in [4.69, 9.17) is 13.6 Å². The SMILES string of the molecule is CO[C@H](/C(C)=C/C=C/[C@H](C)CO[Si](C)(C)C(C)(C)C)[C@@H](C)[C@@H](/C=C/I)O[Si](C)(C)C(C)(C)C. The first-order valence-electron chi connectivity index (χ1n) is 12.3. The molecule has 0 bridgehead atoms. The summed E-state index contributed by atoms with van der Waals surface area (Å²) in [5.74, 6) is 0.581.